The SMILES string of the molecule is CCC/C=C\C/C=C\CCCCCCCC(=O)NC(CO)C(O)/C=C/CCCCCCCCCCCCCCCCCCCC. The molecular formula is C41H77NO3. The lowest BCUT2D eigenvalue weighted by Crippen LogP contribution is -2.45. The van der Waals surface area contributed by atoms with Gasteiger partial charge in [-0.25, -0.2) is 0 Å². The zero-order valence-corrected chi connectivity index (χ0v) is 30.1. The fraction of sp³-hybridized carbons (Fsp3) is 0.829. The molecule has 0 aliphatic heterocycles. The summed E-state index contributed by atoms with van der Waals surface area (Å²) in [5, 5.41) is 22.9. The number of hydrogen-bond donors (Lipinski definition) is 3. The Morgan fingerprint density at radius 1 is 0.533 bits per heavy atom. The van der Waals surface area contributed by atoms with Crippen LogP contribution in [-0.4, -0.2) is 34.9 Å². The Morgan fingerprint density at radius 2 is 0.956 bits per heavy atom. The smallest absolute Gasteiger partial charge is 0.220 e. The van der Waals surface area contributed by atoms with Crippen LogP contribution in [-0.2, 0) is 4.79 Å². The van der Waals surface area contributed by atoms with Crippen LogP contribution < -0.4 is 5.32 Å². The first-order valence-electron chi connectivity index (χ1n) is 19.7. The van der Waals surface area contributed by atoms with E-state index in [0.29, 0.717) is 6.42 Å². The number of unbranched alkanes of at least 4 members (excludes halogenated alkanes) is 24. The van der Waals surface area contributed by atoms with E-state index in [1.807, 2.05) is 6.08 Å². The predicted octanol–water partition coefficient (Wildman–Crippen LogP) is 11.8. The molecule has 0 radical (unpaired) electrons. The first-order valence-corrected chi connectivity index (χ1v) is 19.7. The van der Waals surface area contributed by atoms with Crippen LogP contribution in [0.2, 0.25) is 0 Å². The van der Waals surface area contributed by atoms with E-state index < -0.39 is 12.1 Å². The van der Waals surface area contributed by atoms with Crippen LogP contribution in [0.4, 0.5) is 0 Å². The Morgan fingerprint density at radius 3 is 1.42 bits per heavy atom. The molecule has 2 unspecified atom stereocenters. The van der Waals surface area contributed by atoms with Gasteiger partial charge in [-0.15, -0.1) is 0 Å². The van der Waals surface area contributed by atoms with Crippen LogP contribution in [0.3, 0.4) is 0 Å². The minimum absolute atomic E-state index is 0.0796. The van der Waals surface area contributed by atoms with E-state index in [0.717, 1.165) is 44.9 Å². The second kappa shape index (κ2) is 37.1. The second-order valence-electron chi connectivity index (χ2n) is 13.3. The highest BCUT2D eigenvalue weighted by Crippen LogP contribution is 2.15. The van der Waals surface area contributed by atoms with E-state index in [9.17, 15) is 15.0 Å². The van der Waals surface area contributed by atoms with Crippen molar-refractivity contribution in [1.29, 1.82) is 0 Å². The highest BCUT2D eigenvalue weighted by molar-refractivity contribution is 5.76. The average Bonchev–Trinajstić information content (AvgIpc) is 3.04. The quantitative estimate of drug-likeness (QED) is 0.0481. The maximum atomic E-state index is 12.3. The predicted molar refractivity (Wildman–Crippen MR) is 198 cm³/mol. The van der Waals surface area contributed by atoms with E-state index in [-0.39, 0.29) is 12.5 Å². The van der Waals surface area contributed by atoms with Crippen molar-refractivity contribution in [2.75, 3.05) is 6.61 Å². The van der Waals surface area contributed by atoms with Crippen molar-refractivity contribution in [2.24, 2.45) is 0 Å². The first-order chi connectivity index (χ1) is 22.2. The monoisotopic (exact) mass is 632 g/mol. The van der Waals surface area contributed by atoms with Gasteiger partial charge in [0.1, 0.15) is 0 Å². The van der Waals surface area contributed by atoms with Crippen molar-refractivity contribution < 1.29 is 15.0 Å². The molecule has 4 heteroatoms. The van der Waals surface area contributed by atoms with Gasteiger partial charge in [-0.2, -0.15) is 0 Å². The lowest BCUT2D eigenvalue weighted by Gasteiger charge is -2.20. The van der Waals surface area contributed by atoms with Gasteiger partial charge in [-0.1, -0.05) is 185 Å². The van der Waals surface area contributed by atoms with Gasteiger partial charge in [0.25, 0.3) is 0 Å². The van der Waals surface area contributed by atoms with Crippen molar-refractivity contribution in [1.82, 2.24) is 5.32 Å². The normalized spacial score (nSPS) is 13.4. The Hall–Kier alpha value is -1.39. The fourth-order valence-corrected chi connectivity index (χ4v) is 5.80. The molecule has 1 amide bonds. The molecule has 0 fully saturated rings. The Balaban J connectivity index is 3.59. The van der Waals surface area contributed by atoms with Gasteiger partial charge in [0.05, 0.1) is 18.8 Å². The van der Waals surface area contributed by atoms with Crippen LogP contribution in [0, 0.1) is 0 Å². The number of rotatable bonds is 35. The highest BCUT2D eigenvalue weighted by atomic mass is 16.3. The topological polar surface area (TPSA) is 69.6 Å². The number of nitrogens with one attached hydrogen (secondary N) is 1. The number of aliphatic hydroxyl groups is 2. The molecular weight excluding hydrogens is 554 g/mol. The van der Waals surface area contributed by atoms with Gasteiger partial charge < -0.3 is 15.5 Å². The minimum atomic E-state index is -0.843. The third-order valence-electron chi connectivity index (χ3n) is 8.85. The Labute approximate surface area is 281 Å². The standard InChI is InChI=1S/C41H77NO3/c1-3-5-7-9-11-13-15-17-18-19-20-21-22-23-25-26-28-30-32-34-36-40(44)39(38-43)42-41(45)37-35-33-31-29-27-24-16-14-12-10-8-6-4-2/h8,10,14,16,34,36,39-40,43-44H,3-7,9,11-13,15,17-33,35,37-38H2,1-2H3,(H,42,45)/b10-8-,16-14-,36-34+. The average molecular weight is 632 g/mol. The van der Waals surface area contributed by atoms with Crippen molar-refractivity contribution in [3.63, 3.8) is 0 Å². The van der Waals surface area contributed by atoms with Crippen LogP contribution in [0.15, 0.2) is 36.5 Å². The number of carbonyl (C=O) groups excluding carboxylic acids is 1. The van der Waals surface area contributed by atoms with Gasteiger partial charge in [0.2, 0.25) is 5.91 Å². The summed E-state index contributed by atoms with van der Waals surface area (Å²) in [5.41, 5.74) is 0. The summed E-state index contributed by atoms with van der Waals surface area (Å²) in [7, 11) is 0. The molecule has 0 aromatic carbocycles. The highest BCUT2D eigenvalue weighted by Gasteiger charge is 2.17. The molecule has 0 aromatic heterocycles. The summed E-state index contributed by atoms with van der Waals surface area (Å²) in [4.78, 5) is 12.3. The molecule has 0 aromatic rings. The van der Waals surface area contributed by atoms with Gasteiger partial charge >= 0.3 is 0 Å². The molecule has 0 heterocycles. The van der Waals surface area contributed by atoms with Gasteiger partial charge in [0.15, 0.2) is 0 Å². The summed E-state index contributed by atoms with van der Waals surface area (Å²) >= 11 is 0. The van der Waals surface area contributed by atoms with Gasteiger partial charge in [-0.05, 0) is 44.9 Å². The Bertz CT molecular complexity index is 686. The number of carbonyl (C=O) groups is 1. The lowest BCUT2D eigenvalue weighted by atomic mass is 10.0. The molecule has 45 heavy (non-hydrogen) atoms. The number of amides is 1. The number of allylic oxidation sites excluding steroid dienone is 5. The van der Waals surface area contributed by atoms with Crippen molar-refractivity contribution in [3.8, 4) is 0 Å². The fourth-order valence-electron chi connectivity index (χ4n) is 5.80. The van der Waals surface area contributed by atoms with E-state index in [2.05, 4.69) is 43.5 Å². The molecule has 0 aliphatic carbocycles. The largest absolute Gasteiger partial charge is 0.394 e. The maximum absolute atomic E-state index is 12.3. The summed E-state index contributed by atoms with van der Waals surface area (Å²) < 4.78 is 0. The third kappa shape index (κ3) is 33.8. The lowest BCUT2D eigenvalue weighted by molar-refractivity contribution is -0.123. The Kier molecular flexibility index (Phi) is 35.9. The van der Waals surface area contributed by atoms with Crippen LogP contribution in [0.5, 0.6) is 0 Å². The molecule has 0 spiro atoms. The van der Waals surface area contributed by atoms with Crippen molar-refractivity contribution >= 4 is 5.91 Å². The van der Waals surface area contributed by atoms with E-state index >= 15 is 0 Å². The van der Waals surface area contributed by atoms with Gasteiger partial charge in [0, 0.05) is 6.42 Å². The van der Waals surface area contributed by atoms with E-state index in [1.54, 1.807) is 6.08 Å². The zero-order chi connectivity index (χ0) is 32.9. The second-order valence-corrected chi connectivity index (χ2v) is 13.3. The molecule has 2 atom stereocenters. The van der Waals surface area contributed by atoms with Crippen LogP contribution in [0.25, 0.3) is 0 Å². The molecule has 0 rings (SSSR count). The molecule has 0 saturated heterocycles. The van der Waals surface area contributed by atoms with Gasteiger partial charge in [-0.3, -0.25) is 4.79 Å². The number of hydrogen-bond acceptors (Lipinski definition) is 3. The molecule has 4 nitrogen and oxygen atoms in total. The molecule has 0 aliphatic rings. The third-order valence-corrected chi connectivity index (χ3v) is 8.85. The molecule has 0 saturated carbocycles. The maximum Gasteiger partial charge on any atom is 0.220 e. The summed E-state index contributed by atoms with van der Waals surface area (Å²) in [5.74, 6) is -0.0796. The summed E-state index contributed by atoms with van der Waals surface area (Å²) in [6.45, 7) is 4.23. The number of aliphatic hydroxyl groups excluding tert-OH is 2. The van der Waals surface area contributed by atoms with E-state index in [1.165, 1.54) is 135 Å². The van der Waals surface area contributed by atoms with Crippen molar-refractivity contribution in [2.45, 2.75) is 212 Å². The molecule has 0 bridgehead atoms. The summed E-state index contributed by atoms with van der Waals surface area (Å²) in [6.07, 6.45) is 48.1. The minimum Gasteiger partial charge on any atom is -0.394 e. The first kappa shape index (κ1) is 43.6. The molecule has 3 N–H and O–H groups in total. The summed E-state index contributed by atoms with van der Waals surface area (Å²) in [6, 6.07) is -0.627. The van der Waals surface area contributed by atoms with Crippen molar-refractivity contribution in [3.05, 3.63) is 36.5 Å². The molecule has 264 valence electrons. The van der Waals surface area contributed by atoms with E-state index in [4.69, 9.17) is 0 Å². The zero-order valence-electron chi connectivity index (χ0n) is 30.1. The van der Waals surface area contributed by atoms with Crippen LogP contribution >= 0.6 is 0 Å². The van der Waals surface area contributed by atoms with Crippen LogP contribution in [0.1, 0.15) is 200 Å².